The van der Waals surface area contributed by atoms with E-state index in [9.17, 15) is 4.39 Å². The second-order valence-corrected chi connectivity index (χ2v) is 4.73. The Morgan fingerprint density at radius 3 is 1.83 bits per heavy atom. The van der Waals surface area contributed by atoms with Crippen LogP contribution in [-0.2, 0) is 0 Å². The average molecular weight is 174 g/mol. The van der Waals surface area contributed by atoms with E-state index in [1.165, 1.54) is 0 Å². The molecule has 12 heavy (non-hydrogen) atoms. The van der Waals surface area contributed by atoms with E-state index in [4.69, 9.17) is 0 Å². The second-order valence-electron chi connectivity index (χ2n) is 4.73. The maximum atomic E-state index is 13.5. The highest BCUT2D eigenvalue weighted by Crippen LogP contribution is 2.38. The van der Waals surface area contributed by atoms with Gasteiger partial charge in [-0.25, -0.2) is 4.39 Å². The monoisotopic (exact) mass is 174 g/mol. The van der Waals surface area contributed by atoms with Crippen molar-refractivity contribution in [3.63, 3.8) is 0 Å². The number of hydrogen-bond acceptors (Lipinski definition) is 0. The first-order chi connectivity index (χ1) is 5.34. The molecule has 0 aromatic carbocycles. The van der Waals surface area contributed by atoms with Crippen molar-refractivity contribution >= 4 is 0 Å². The summed E-state index contributed by atoms with van der Waals surface area (Å²) in [7, 11) is 0. The molecular weight excluding hydrogens is 151 g/mol. The van der Waals surface area contributed by atoms with Gasteiger partial charge in [0, 0.05) is 0 Å². The third-order valence-corrected chi connectivity index (χ3v) is 3.34. The highest BCUT2D eigenvalue weighted by molar-refractivity contribution is 4.83. The Labute approximate surface area is 76.6 Å². The summed E-state index contributed by atoms with van der Waals surface area (Å²) < 4.78 is 13.5. The van der Waals surface area contributed by atoms with Gasteiger partial charge in [0.05, 0.1) is 0 Å². The topological polar surface area (TPSA) is 0 Å². The van der Waals surface area contributed by atoms with Crippen molar-refractivity contribution in [1.29, 1.82) is 0 Å². The summed E-state index contributed by atoms with van der Waals surface area (Å²) in [4.78, 5) is 0. The van der Waals surface area contributed by atoms with Crippen LogP contribution in [0.25, 0.3) is 0 Å². The van der Waals surface area contributed by atoms with Crippen molar-refractivity contribution in [3.05, 3.63) is 0 Å². The Kier molecular flexibility index (Phi) is 4.22. The predicted molar refractivity (Wildman–Crippen MR) is 53.0 cm³/mol. The van der Waals surface area contributed by atoms with Gasteiger partial charge in [0.25, 0.3) is 0 Å². The molecule has 0 aliphatic rings. The minimum Gasteiger partial charge on any atom is -0.247 e. The SMILES string of the molecule is CCC(F)C(C)(C)[C@@H](C)C(C)C. The Bertz CT molecular complexity index is 127. The van der Waals surface area contributed by atoms with E-state index in [1.54, 1.807) is 0 Å². The van der Waals surface area contributed by atoms with E-state index >= 15 is 0 Å². The van der Waals surface area contributed by atoms with Gasteiger partial charge >= 0.3 is 0 Å². The van der Waals surface area contributed by atoms with Crippen LogP contribution in [-0.4, -0.2) is 6.17 Å². The van der Waals surface area contributed by atoms with Gasteiger partial charge in [0.15, 0.2) is 0 Å². The first-order valence-corrected chi connectivity index (χ1v) is 4.98. The zero-order chi connectivity index (χ0) is 9.94. The van der Waals surface area contributed by atoms with E-state index in [0.29, 0.717) is 18.3 Å². The lowest BCUT2D eigenvalue weighted by Gasteiger charge is -2.37. The van der Waals surface area contributed by atoms with E-state index in [0.717, 1.165) is 0 Å². The Morgan fingerprint density at radius 1 is 1.17 bits per heavy atom. The van der Waals surface area contributed by atoms with E-state index < -0.39 is 6.17 Å². The molecule has 0 saturated carbocycles. The summed E-state index contributed by atoms with van der Waals surface area (Å²) in [6, 6.07) is 0. The van der Waals surface area contributed by atoms with E-state index in [-0.39, 0.29) is 5.41 Å². The molecule has 0 nitrogen and oxygen atoms in total. The third kappa shape index (κ3) is 2.46. The molecular formula is C11H23F. The highest BCUT2D eigenvalue weighted by atomic mass is 19.1. The zero-order valence-corrected chi connectivity index (χ0v) is 9.32. The van der Waals surface area contributed by atoms with Crippen molar-refractivity contribution in [3.8, 4) is 0 Å². The van der Waals surface area contributed by atoms with Crippen LogP contribution in [0.15, 0.2) is 0 Å². The van der Waals surface area contributed by atoms with Crippen LogP contribution in [0.1, 0.15) is 48.0 Å². The standard InChI is InChI=1S/C11H23F/c1-7-10(12)11(5,6)9(4)8(2)3/h8-10H,7H2,1-6H3/t9-,10?/m0/s1. The van der Waals surface area contributed by atoms with Crippen LogP contribution in [0.5, 0.6) is 0 Å². The smallest absolute Gasteiger partial charge is 0.105 e. The first-order valence-electron chi connectivity index (χ1n) is 4.98. The van der Waals surface area contributed by atoms with Gasteiger partial charge in [0.2, 0.25) is 0 Å². The maximum absolute atomic E-state index is 13.5. The summed E-state index contributed by atoms with van der Waals surface area (Å²) in [5.74, 6) is 0.997. The lowest BCUT2D eigenvalue weighted by molar-refractivity contribution is 0.0561. The van der Waals surface area contributed by atoms with E-state index in [2.05, 4.69) is 20.8 Å². The van der Waals surface area contributed by atoms with Gasteiger partial charge in [-0.05, 0) is 23.7 Å². The molecule has 0 amide bonds. The van der Waals surface area contributed by atoms with Gasteiger partial charge in [-0.1, -0.05) is 41.5 Å². The van der Waals surface area contributed by atoms with Gasteiger partial charge < -0.3 is 0 Å². The number of halogens is 1. The normalized spacial score (nSPS) is 18.0. The quantitative estimate of drug-likeness (QED) is 0.603. The Balaban J connectivity index is 4.37. The third-order valence-electron chi connectivity index (χ3n) is 3.34. The van der Waals surface area contributed by atoms with Crippen molar-refractivity contribution < 1.29 is 4.39 Å². The molecule has 0 aliphatic heterocycles. The van der Waals surface area contributed by atoms with Gasteiger partial charge in [-0.3, -0.25) is 0 Å². The molecule has 0 spiro atoms. The summed E-state index contributed by atoms with van der Waals surface area (Å²) in [5.41, 5.74) is -0.178. The van der Waals surface area contributed by atoms with Crippen molar-refractivity contribution in [1.82, 2.24) is 0 Å². The van der Waals surface area contributed by atoms with Crippen LogP contribution in [0, 0.1) is 17.3 Å². The van der Waals surface area contributed by atoms with Gasteiger partial charge in [-0.2, -0.15) is 0 Å². The molecule has 0 aliphatic carbocycles. The summed E-state index contributed by atoms with van der Waals surface area (Å²) in [6.07, 6.45) is -0.0424. The molecule has 0 aromatic rings. The summed E-state index contributed by atoms with van der Waals surface area (Å²) in [6.45, 7) is 12.5. The fourth-order valence-corrected chi connectivity index (χ4v) is 1.67. The van der Waals surface area contributed by atoms with Crippen molar-refractivity contribution in [2.75, 3.05) is 0 Å². The molecule has 0 saturated heterocycles. The van der Waals surface area contributed by atoms with Crippen LogP contribution >= 0.6 is 0 Å². The molecule has 0 rings (SSSR count). The largest absolute Gasteiger partial charge is 0.247 e. The lowest BCUT2D eigenvalue weighted by Crippen LogP contribution is -2.34. The molecule has 0 bridgehead atoms. The fraction of sp³-hybridized carbons (Fsp3) is 1.00. The lowest BCUT2D eigenvalue weighted by atomic mass is 9.70. The zero-order valence-electron chi connectivity index (χ0n) is 9.32. The van der Waals surface area contributed by atoms with Crippen LogP contribution in [0.4, 0.5) is 4.39 Å². The molecule has 1 heteroatoms. The Hall–Kier alpha value is -0.0700. The molecule has 0 heterocycles. The number of alkyl halides is 1. The van der Waals surface area contributed by atoms with Crippen LogP contribution < -0.4 is 0 Å². The van der Waals surface area contributed by atoms with Crippen molar-refractivity contribution in [2.45, 2.75) is 54.1 Å². The molecule has 0 N–H and O–H groups in total. The second kappa shape index (κ2) is 4.25. The maximum Gasteiger partial charge on any atom is 0.105 e. The molecule has 1 unspecified atom stereocenters. The molecule has 74 valence electrons. The number of hydrogen-bond donors (Lipinski definition) is 0. The number of rotatable bonds is 4. The van der Waals surface area contributed by atoms with Crippen LogP contribution in [0.3, 0.4) is 0 Å². The summed E-state index contributed by atoms with van der Waals surface area (Å²) in [5, 5.41) is 0. The minimum absolute atomic E-state index is 0.178. The fourth-order valence-electron chi connectivity index (χ4n) is 1.67. The molecule has 0 aromatic heterocycles. The first kappa shape index (κ1) is 11.9. The molecule has 0 fully saturated rings. The van der Waals surface area contributed by atoms with E-state index in [1.807, 2.05) is 20.8 Å². The molecule has 0 radical (unpaired) electrons. The van der Waals surface area contributed by atoms with Gasteiger partial charge in [-0.15, -0.1) is 0 Å². The minimum atomic E-state index is -0.671. The Morgan fingerprint density at radius 2 is 1.58 bits per heavy atom. The average Bonchev–Trinajstić information content (AvgIpc) is 2.01. The van der Waals surface area contributed by atoms with Gasteiger partial charge in [0.1, 0.15) is 6.17 Å². The highest BCUT2D eigenvalue weighted by Gasteiger charge is 2.35. The van der Waals surface area contributed by atoms with Crippen molar-refractivity contribution in [2.24, 2.45) is 17.3 Å². The molecule has 2 atom stereocenters. The van der Waals surface area contributed by atoms with Crippen LogP contribution in [0.2, 0.25) is 0 Å². The predicted octanol–water partition coefficient (Wildman–Crippen LogP) is 4.05. The summed E-state index contributed by atoms with van der Waals surface area (Å²) >= 11 is 0.